The molecular weight excluding hydrogens is 594 g/mol. The van der Waals surface area contributed by atoms with Gasteiger partial charge in [0.05, 0.1) is 29.9 Å². The summed E-state index contributed by atoms with van der Waals surface area (Å²) in [6, 6.07) is 14.9. The van der Waals surface area contributed by atoms with Gasteiger partial charge in [-0.1, -0.05) is 36.4 Å². The van der Waals surface area contributed by atoms with Crippen LogP contribution in [0.1, 0.15) is 52.3 Å². The molecule has 0 spiro atoms. The number of rotatable bonds is 11. The molecule has 1 aliphatic rings. The van der Waals surface area contributed by atoms with Crippen LogP contribution in [0.2, 0.25) is 0 Å². The minimum atomic E-state index is -4.90. The van der Waals surface area contributed by atoms with Crippen molar-refractivity contribution in [2.75, 3.05) is 40.4 Å². The molecule has 238 valence electrons. The molecule has 0 saturated carbocycles. The van der Waals surface area contributed by atoms with E-state index in [0.717, 1.165) is 43.6 Å². The molecule has 3 N–H and O–H groups in total. The molecule has 0 aliphatic carbocycles. The first kappa shape index (κ1) is 35.0. The highest BCUT2D eigenvalue weighted by Gasteiger charge is 2.37. The fraction of sp³-hybridized carbons (Fsp3) is 0.484. The van der Waals surface area contributed by atoms with Gasteiger partial charge in [-0.25, -0.2) is 0 Å². The zero-order chi connectivity index (χ0) is 31.7. The van der Waals surface area contributed by atoms with Crippen LogP contribution in [0.15, 0.2) is 66.0 Å². The number of halogens is 6. The standard InChI is InChI=1S/C30H34F6N2O2S.CH4O/c1-37-26(20-40-19-21-16-23(29(31,32)33)18-24(17-21)30(34,35)36)25(27-8-5-15-41-27)9-12-38-13-10-28(39,11-14-38)22-6-3-2-4-7-22;1-2/h2-8,15-18,25-26,37,39H,9-14,19-20H2,1H3;2H,1H3. The Hall–Kier alpha value is -2.48. The van der Waals surface area contributed by atoms with Crippen LogP contribution in [-0.4, -0.2) is 61.6 Å². The van der Waals surface area contributed by atoms with Crippen LogP contribution in [0, 0.1) is 0 Å². The summed E-state index contributed by atoms with van der Waals surface area (Å²) in [6.45, 7) is 1.96. The number of ether oxygens (including phenoxy) is 1. The van der Waals surface area contributed by atoms with Gasteiger partial charge in [-0.15, -0.1) is 11.3 Å². The molecule has 0 bridgehead atoms. The number of piperidine rings is 1. The summed E-state index contributed by atoms with van der Waals surface area (Å²) in [5.74, 6) is 0.0159. The number of aliphatic hydroxyl groups excluding tert-OH is 1. The zero-order valence-corrected chi connectivity index (χ0v) is 24.9. The monoisotopic (exact) mass is 632 g/mol. The number of nitrogens with zero attached hydrogens (tertiary/aromatic N) is 1. The van der Waals surface area contributed by atoms with E-state index >= 15 is 0 Å². The van der Waals surface area contributed by atoms with Gasteiger partial charge in [0.15, 0.2) is 0 Å². The molecule has 3 aromatic rings. The molecule has 2 atom stereocenters. The lowest BCUT2D eigenvalue weighted by Crippen LogP contribution is -2.44. The third-order valence-electron chi connectivity index (χ3n) is 7.73. The molecule has 1 aromatic heterocycles. The summed E-state index contributed by atoms with van der Waals surface area (Å²) in [5, 5.41) is 23.4. The van der Waals surface area contributed by atoms with Gasteiger partial charge in [0.1, 0.15) is 0 Å². The maximum atomic E-state index is 13.2. The SMILES string of the molecule is CNC(COCc1cc(C(F)(F)F)cc(C(F)(F)F)c1)C(CCN1CCC(O)(c2ccccc2)CC1)c1cccs1.CO. The Labute approximate surface area is 252 Å². The Morgan fingerprint density at radius 2 is 1.53 bits per heavy atom. The van der Waals surface area contributed by atoms with Gasteiger partial charge in [-0.3, -0.25) is 0 Å². The average Bonchev–Trinajstić information content (AvgIpc) is 3.52. The topological polar surface area (TPSA) is 65.0 Å². The summed E-state index contributed by atoms with van der Waals surface area (Å²) in [5.41, 5.74) is -2.82. The molecule has 5 nitrogen and oxygen atoms in total. The number of thiophene rings is 1. The highest BCUT2D eigenvalue weighted by atomic mass is 32.1. The highest BCUT2D eigenvalue weighted by Crippen LogP contribution is 2.37. The number of benzene rings is 2. The molecule has 0 radical (unpaired) electrons. The Morgan fingerprint density at radius 3 is 2.05 bits per heavy atom. The Balaban J connectivity index is 0.00000248. The lowest BCUT2D eigenvalue weighted by atomic mass is 9.84. The van der Waals surface area contributed by atoms with Crippen LogP contribution in [0.25, 0.3) is 0 Å². The Kier molecular flexibility index (Phi) is 12.6. The van der Waals surface area contributed by atoms with Crippen molar-refractivity contribution >= 4 is 11.3 Å². The van der Waals surface area contributed by atoms with Gasteiger partial charge in [0.25, 0.3) is 0 Å². The molecule has 1 aliphatic heterocycles. The van der Waals surface area contributed by atoms with Crippen molar-refractivity contribution in [1.82, 2.24) is 10.2 Å². The lowest BCUT2D eigenvalue weighted by Gasteiger charge is -2.39. The summed E-state index contributed by atoms with van der Waals surface area (Å²) in [6.07, 6.45) is -7.80. The van der Waals surface area contributed by atoms with Gasteiger partial charge in [-0.05, 0) is 73.6 Å². The number of aliphatic hydroxyl groups is 2. The van der Waals surface area contributed by atoms with E-state index in [1.54, 1.807) is 18.4 Å². The van der Waals surface area contributed by atoms with Crippen LogP contribution in [-0.2, 0) is 29.3 Å². The average molecular weight is 633 g/mol. The van der Waals surface area contributed by atoms with Crippen molar-refractivity contribution in [3.8, 4) is 0 Å². The van der Waals surface area contributed by atoms with Crippen molar-refractivity contribution < 1.29 is 41.3 Å². The third-order valence-corrected chi connectivity index (χ3v) is 8.73. The van der Waals surface area contributed by atoms with Crippen molar-refractivity contribution in [1.29, 1.82) is 0 Å². The maximum absolute atomic E-state index is 13.2. The maximum Gasteiger partial charge on any atom is 0.416 e. The summed E-state index contributed by atoms with van der Waals surface area (Å²) in [7, 11) is 2.77. The second-order valence-corrected chi connectivity index (χ2v) is 11.5. The van der Waals surface area contributed by atoms with Crippen LogP contribution >= 0.6 is 11.3 Å². The lowest BCUT2D eigenvalue weighted by molar-refractivity contribution is -0.143. The van der Waals surface area contributed by atoms with Crippen molar-refractivity contribution in [3.63, 3.8) is 0 Å². The molecule has 2 unspecified atom stereocenters. The molecule has 43 heavy (non-hydrogen) atoms. The summed E-state index contributed by atoms with van der Waals surface area (Å²) in [4.78, 5) is 3.43. The fourth-order valence-corrected chi connectivity index (χ4v) is 6.28. The van der Waals surface area contributed by atoms with E-state index in [-0.39, 0.29) is 36.8 Å². The van der Waals surface area contributed by atoms with Gasteiger partial charge < -0.3 is 25.2 Å². The van der Waals surface area contributed by atoms with Crippen molar-refractivity contribution in [2.24, 2.45) is 0 Å². The molecule has 2 heterocycles. The van der Waals surface area contributed by atoms with Crippen LogP contribution in [0.5, 0.6) is 0 Å². The van der Waals surface area contributed by atoms with Gasteiger partial charge in [-0.2, -0.15) is 26.3 Å². The highest BCUT2D eigenvalue weighted by molar-refractivity contribution is 7.10. The Bertz CT molecular complexity index is 1200. The largest absolute Gasteiger partial charge is 0.416 e. The number of hydrogen-bond donors (Lipinski definition) is 3. The van der Waals surface area contributed by atoms with Gasteiger partial charge in [0.2, 0.25) is 0 Å². The van der Waals surface area contributed by atoms with E-state index < -0.39 is 29.1 Å². The molecular formula is C31H38F6N2O3S. The molecule has 1 saturated heterocycles. The number of nitrogens with one attached hydrogen (secondary N) is 1. The van der Waals surface area contributed by atoms with Crippen molar-refractivity contribution in [2.45, 2.75) is 55.8 Å². The number of likely N-dealkylation sites (tertiary alicyclic amines) is 1. The van der Waals surface area contributed by atoms with E-state index in [9.17, 15) is 31.4 Å². The van der Waals surface area contributed by atoms with Crippen LogP contribution in [0.4, 0.5) is 26.3 Å². The first-order chi connectivity index (χ1) is 20.4. The molecule has 2 aromatic carbocycles. The minimum Gasteiger partial charge on any atom is -0.400 e. The summed E-state index contributed by atoms with van der Waals surface area (Å²) < 4.78 is 85.1. The quantitative estimate of drug-likeness (QED) is 0.207. The fourth-order valence-electron chi connectivity index (χ4n) is 5.36. The van der Waals surface area contributed by atoms with Gasteiger partial charge >= 0.3 is 12.4 Å². The van der Waals surface area contributed by atoms with E-state index in [4.69, 9.17) is 9.84 Å². The van der Waals surface area contributed by atoms with Crippen LogP contribution in [0.3, 0.4) is 0 Å². The predicted molar refractivity (Wildman–Crippen MR) is 155 cm³/mol. The van der Waals surface area contributed by atoms with Gasteiger partial charge in [0, 0.05) is 37.0 Å². The second-order valence-electron chi connectivity index (χ2n) is 10.5. The van der Waals surface area contributed by atoms with E-state index in [1.807, 2.05) is 47.8 Å². The smallest absolute Gasteiger partial charge is 0.400 e. The minimum absolute atomic E-state index is 0.0159. The van der Waals surface area contributed by atoms with E-state index in [1.165, 1.54) is 0 Å². The first-order valence-electron chi connectivity index (χ1n) is 13.9. The second kappa shape index (κ2) is 15.5. The van der Waals surface area contributed by atoms with E-state index in [0.29, 0.717) is 25.0 Å². The van der Waals surface area contributed by atoms with Crippen LogP contribution < -0.4 is 5.32 Å². The molecule has 4 rings (SSSR count). The normalized spacial score (nSPS) is 17.2. The number of alkyl halides is 6. The molecule has 1 fully saturated rings. The first-order valence-corrected chi connectivity index (χ1v) is 14.8. The zero-order valence-electron chi connectivity index (χ0n) is 24.1. The number of likely N-dealkylation sites (N-methyl/N-ethyl adjacent to an activating group) is 1. The number of hydrogen-bond acceptors (Lipinski definition) is 6. The Morgan fingerprint density at radius 1 is 0.930 bits per heavy atom. The molecule has 12 heteroatoms. The van der Waals surface area contributed by atoms with E-state index in [2.05, 4.69) is 10.2 Å². The predicted octanol–water partition coefficient (Wildman–Crippen LogP) is 6.66. The third kappa shape index (κ3) is 9.75. The summed E-state index contributed by atoms with van der Waals surface area (Å²) >= 11 is 1.59. The molecule has 0 amide bonds. The van der Waals surface area contributed by atoms with Crippen molar-refractivity contribution in [3.05, 3.63) is 93.2 Å².